The molecule has 2 aromatic heterocycles. The summed E-state index contributed by atoms with van der Waals surface area (Å²) in [6, 6.07) is 10.1. The van der Waals surface area contributed by atoms with Gasteiger partial charge in [-0.2, -0.15) is 4.98 Å². The van der Waals surface area contributed by atoms with Crippen molar-refractivity contribution in [2.24, 2.45) is 0 Å². The highest BCUT2D eigenvalue weighted by molar-refractivity contribution is 6.31. The third kappa shape index (κ3) is 5.53. The van der Waals surface area contributed by atoms with E-state index in [1.165, 1.54) is 19.3 Å². The van der Waals surface area contributed by atoms with Crippen molar-refractivity contribution in [3.8, 4) is 0 Å². The van der Waals surface area contributed by atoms with Crippen LogP contribution in [0.4, 0.5) is 17.5 Å². The number of anilines is 3. The van der Waals surface area contributed by atoms with Gasteiger partial charge in [-0.05, 0) is 63.4 Å². The van der Waals surface area contributed by atoms with E-state index in [-0.39, 0.29) is 0 Å². The number of piperazine rings is 1. The molecule has 0 aliphatic carbocycles. The smallest absolute Gasteiger partial charge is 0.227 e. The Kier molecular flexibility index (Phi) is 7.30. The molecular weight excluding hydrogens is 446 g/mol. The molecule has 2 saturated heterocycles. The monoisotopic (exact) mass is 479 g/mol. The molecule has 34 heavy (non-hydrogen) atoms. The molecule has 0 unspecified atom stereocenters. The molecule has 0 bridgehead atoms. The maximum atomic E-state index is 6.11. The van der Waals surface area contributed by atoms with Crippen LogP contribution in [0, 0.1) is 6.92 Å². The molecule has 0 spiro atoms. The fraction of sp³-hybridized carbons (Fsp3) is 0.500. The van der Waals surface area contributed by atoms with Crippen molar-refractivity contribution in [3.05, 3.63) is 47.2 Å². The molecule has 0 amide bonds. The summed E-state index contributed by atoms with van der Waals surface area (Å²) in [4.78, 5) is 21.4. The lowest BCUT2D eigenvalue weighted by atomic mass is 10.1. The molecule has 1 aromatic carbocycles. The second-order valence-electron chi connectivity index (χ2n) is 9.34. The number of pyridine rings is 1. The van der Waals surface area contributed by atoms with Gasteiger partial charge in [0.2, 0.25) is 5.95 Å². The number of hydrogen-bond donors (Lipinski definition) is 1. The Morgan fingerprint density at radius 3 is 2.56 bits per heavy atom. The van der Waals surface area contributed by atoms with Crippen LogP contribution >= 0.6 is 11.6 Å². The predicted molar refractivity (Wildman–Crippen MR) is 141 cm³/mol. The highest BCUT2D eigenvalue weighted by Crippen LogP contribution is 2.25. The van der Waals surface area contributed by atoms with E-state index in [9.17, 15) is 0 Å². The number of nitrogens with zero attached hydrogens (tertiary/aromatic N) is 6. The van der Waals surface area contributed by atoms with Crippen LogP contribution in [-0.2, 0) is 0 Å². The van der Waals surface area contributed by atoms with E-state index in [2.05, 4.69) is 38.0 Å². The highest BCUT2D eigenvalue weighted by Gasteiger charge is 2.20. The quantitative estimate of drug-likeness (QED) is 0.497. The number of rotatable bonds is 7. The van der Waals surface area contributed by atoms with Crippen molar-refractivity contribution in [3.63, 3.8) is 0 Å². The van der Waals surface area contributed by atoms with Gasteiger partial charge in [0.1, 0.15) is 5.82 Å². The van der Waals surface area contributed by atoms with Crippen molar-refractivity contribution in [1.82, 2.24) is 19.9 Å². The zero-order valence-corrected chi connectivity index (χ0v) is 20.8. The van der Waals surface area contributed by atoms with Gasteiger partial charge in [0.15, 0.2) is 0 Å². The lowest BCUT2D eigenvalue weighted by molar-refractivity contribution is 0.256. The van der Waals surface area contributed by atoms with Gasteiger partial charge < -0.3 is 15.1 Å². The molecule has 0 radical (unpaired) electrons. The van der Waals surface area contributed by atoms with Gasteiger partial charge in [0.25, 0.3) is 0 Å². The van der Waals surface area contributed by atoms with Gasteiger partial charge in [-0.1, -0.05) is 11.6 Å². The average molecular weight is 480 g/mol. The summed E-state index contributed by atoms with van der Waals surface area (Å²) in [7, 11) is 0. The predicted octanol–water partition coefficient (Wildman–Crippen LogP) is 4.60. The van der Waals surface area contributed by atoms with Gasteiger partial charge in [0.05, 0.1) is 5.52 Å². The van der Waals surface area contributed by atoms with E-state index in [1.807, 2.05) is 30.5 Å². The van der Waals surface area contributed by atoms with Gasteiger partial charge in [-0.15, -0.1) is 0 Å². The molecule has 8 heteroatoms. The van der Waals surface area contributed by atoms with Crippen LogP contribution < -0.4 is 15.1 Å². The Labute approximate surface area is 207 Å². The summed E-state index contributed by atoms with van der Waals surface area (Å²) < 4.78 is 0. The van der Waals surface area contributed by atoms with Crippen molar-refractivity contribution < 1.29 is 0 Å². The Morgan fingerprint density at radius 1 is 0.912 bits per heavy atom. The van der Waals surface area contributed by atoms with Gasteiger partial charge in [-0.3, -0.25) is 9.88 Å². The van der Waals surface area contributed by atoms with Crippen molar-refractivity contribution in [2.75, 3.05) is 67.5 Å². The SMILES string of the molecule is Cc1cc(N2CCN(CCCNc3ccnc4cc(Cl)ccc34)CC2)nc(N2CCCCC2)n1. The van der Waals surface area contributed by atoms with Gasteiger partial charge in [0, 0.05) is 79.9 Å². The number of fused-ring (bicyclic) bond motifs is 1. The van der Waals surface area contributed by atoms with E-state index in [4.69, 9.17) is 21.6 Å². The van der Waals surface area contributed by atoms with E-state index in [1.54, 1.807) is 0 Å². The number of hydrogen-bond acceptors (Lipinski definition) is 7. The Morgan fingerprint density at radius 2 is 1.74 bits per heavy atom. The topological polar surface area (TPSA) is 60.4 Å². The van der Waals surface area contributed by atoms with Crippen LogP contribution in [0.15, 0.2) is 36.5 Å². The second-order valence-corrected chi connectivity index (χ2v) is 9.78. The number of benzene rings is 1. The fourth-order valence-electron chi connectivity index (χ4n) is 4.94. The maximum absolute atomic E-state index is 6.11. The van der Waals surface area contributed by atoms with Crippen molar-refractivity contribution >= 4 is 40.0 Å². The summed E-state index contributed by atoms with van der Waals surface area (Å²) in [5.74, 6) is 1.99. The number of nitrogens with one attached hydrogen (secondary N) is 1. The molecule has 2 aliphatic heterocycles. The molecular formula is C26H34ClN7. The summed E-state index contributed by atoms with van der Waals surface area (Å²) in [6.45, 7) is 10.4. The van der Waals surface area contributed by atoms with Crippen LogP contribution in [0.25, 0.3) is 10.9 Å². The van der Waals surface area contributed by atoms with E-state index in [0.717, 1.165) is 97.9 Å². The number of halogens is 1. The molecule has 5 rings (SSSR count). The average Bonchev–Trinajstić information content (AvgIpc) is 2.87. The largest absolute Gasteiger partial charge is 0.384 e. The van der Waals surface area contributed by atoms with Crippen LogP contribution in [0.2, 0.25) is 5.02 Å². The van der Waals surface area contributed by atoms with Crippen LogP contribution in [0.3, 0.4) is 0 Å². The van der Waals surface area contributed by atoms with Crippen LogP contribution in [-0.4, -0.2) is 72.2 Å². The van der Waals surface area contributed by atoms with Crippen molar-refractivity contribution in [1.29, 1.82) is 0 Å². The first kappa shape index (κ1) is 23.1. The normalized spacial score (nSPS) is 17.4. The zero-order valence-electron chi connectivity index (χ0n) is 20.0. The summed E-state index contributed by atoms with van der Waals surface area (Å²) in [5, 5.41) is 5.42. The lowest BCUT2D eigenvalue weighted by Crippen LogP contribution is -2.47. The first-order valence-electron chi connectivity index (χ1n) is 12.5. The molecule has 4 heterocycles. The zero-order chi connectivity index (χ0) is 23.3. The number of piperidine rings is 1. The van der Waals surface area contributed by atoms with E-state index >= 15 is 0 Å². The summed E-state index contributed by atoms with van der Waals surface area (Å²) in [5.41, 5.74) is 3.11. The first-order valence-corrected chi connectivity index (χ1v) is 12.9. The van der Waals surface area contributed by atoms with Crippen LogP contribution in [0.1, 0.15) is 31.4 Å². The summed E-state index contributed by atoms with van der Waals surface area (Å²) >= 11 is 6.11. The lowest BCUT2D eigenvalue weighted by Gasteiger charge is -2.36. The van der Waals surface area contributed by atoms with Crippen molar-refractivity contribution in [2.45, 2.75) is 32.6 Å². The minimum Gasteiger partial charge on any atom is -0.384 e. The minimum absolute atomic E-state index is 0.719. The molecule has 0 atom stereocenters. The van der Waals surface area contributed by atoms with E-state index in [0.29, 0.717) is 0 Å². The van der Waals surface area contributed by atoms with E-state index < -0.39 is 0 Å². The molecule has 3 aromatic rings. The Hall–Kier alpha value is -2.64. The molecule has 180 valence electrons. The van der Waals surface area contributed by atoms with Gasteiger partial charge in [-0.25, -0.2) is 4.98 Å². The van der Waals surface area contributed by atoms with Gasteiger partial charge >= 0.3 is 0 Å². The number of aryl methyl sites for hydroxylation is 1. The van der Waals surface area contributed by atoms with Crippen LogP contribution in [0.5, 0.6) is 0 Å². The minimum atomic E-state index is 0.719. The molecule has 2 fully saturated rings. The maximum Gasteiger partial charge on any atom is 0.227 e. The standard InChI is InChI=1S/C26H34ClN7/c1-20-18-25(31-26(30-20)34-12-3-2-4-13-34)33-16-14-32(15-17-33)11-5-9-28-23-8-10-29-24-19-21(27)6-7-22(23)24/h6-8,10,18-19H,2-5,9,11-17H2,1H3,(H,28,29). The second kappa shape index (κ2) is 10.7. The highest BCUT2D eigenvalue weighted by atomic mass is 35.5. The summed E-state index contributed by atoms with van der Waals surface area (Å²) in [6.07, 6.45) is 6.74. The molecule has 1 N–H and O–H groups in total. The first-order chi connectivity index (χ1) is 16.7. The number of aromatic nitrogens is 3. The fourth-order valence-corrected chi connectivity index (χ4v) is 5.10. The molecule has 7 nitrogen and oxygen atoms in total. The third-order valence-electron chi connectivity index (χ3n) is 6.84. The Balaban J connectivity index is 1.10. The third-order valence-corrected chi connectivity index (χ3v) is 7.07. The Bertz CT molecular complexity index is 1110. The molecule has 2 aliphatic rings. The molecule has 0 saturated carbocycles.